The number of rotatable bonds is 5. The molecule has 164 valence electrons. The molecule has 2 saturated heterocycles. The summed E-state index contributed by atoms with van der Waals surface area (Å²) in [6.45, 7) is 4.51. The number of nitrogens with one attached hydrogen (secondary N) is 1. The van der Waals surface area contributed by atoms with E-state index in [0.29, 0.717) is 34.6 Å². The summed E-state index contributed by atoms with van der Waals surface area (Å²) in [4.78, 5) is 30.1. The van der Waals surface area contributed by atoms with Crippen LogP contribution < -0.4 is 5.32 Å². The molecule has 31 heavy (non-hydrogen) atoms. The van der Waals surface area contributed by atoms with E-state index in [2.05, 4.69) is 41.4 Å². The van der Waals surface area contributed by atoms with Gasteiger partial charge in [-0.1, -0.05) is 53.5 Å². The van der Waals surface area contributed by atoms with Crippen molar-refractivity contribution in [1.82, 2.24) is 15.1 Å². The van der Waals surface area contributed by atoms with Gasteiger partial charge in [-0.3, -0.25) is 14.5 Å². The Labute approximate surface area is 193 Å². The first-order valence-corrected chi connectivity index (χ1v) is 11.5. The summed E-state index contributed by atoms with van der Waals surface area (Å²) < 4.78 is 0. The molecule has 0 spiro atoms. The van der Waals surface area contributed by atoms with Crippen LogP contribution in [0.25, 0.3) is 0 Å². The Hall–Kier alpha value is -2.08. The fourth-order valence-corrected chi connectivity index (χ4v) is 5.15. The van der Waals surface area contributed by atoms with Crippen LogP contribution in [0.5, 0.6) is 0 Å². The second kappa shape index (κ2) is 9.60. The maximum atomic E-state index is 13.1. The molecule has 2 aromatic carbocycles. The molecule has 0 aliphatic carbocycles. The van der Waals surface area contributed by atoms with E-state index in [4.69, 9.17) is 23.2 Å². The molecule has 7 heteroatoms. The second-order valence-electron chi connectivity index (χ2n) is 8.39. The molecule has 2 aliphatic heterocycles. The molecule has 2 amide bonds. The van der Waals surface area contributed by atoms with Gasteiger partial charge in [0.15, 0.2) is 0 Å². The van der Waals surface area contributed by atoms with Gasteiger partial charge < -0.3 is 10.2 Å². The smallest absolute Gasteiger partial charge is 0.254 e. The summed E-state index contributed by atoms with van der Waals surface area (Å²) >= 11 is 12.1. The molecule has 2 aliphatic rings. The predicted molar refractivity (Wildman–Crippen MR) is 123 cm³/mol. The highest BCUT2D eigenvalue weighted by Crippen LogP contribution is 2.27. The SMILES string of the molecule is CC(c1ccccc1)N1CCC(NC(=O)C2CCCN2C(=O)c2cc(Cl)cc(Cl)c2)C1. The minimum absolute atomic E-state index is 0.0711. The fourth-order valence-electron chi connectivity index (χ4n) is 4.62. The first-order chi connectivity index (χ1) is 14.9. The minimum Gasteiger partial charge on any atom is -0.350 e. The number of carbonyl (C=O) groups is 2. The van der Waals surface area contributed by atoms with Crippen LogP contribution in [-0.2, 0) is 4.79 Å². The normalized spacial score (nSPS) is 22.5. The molecule has 0 saturated carbocycles. The van der Waals surface area contributed by atoms with E-state index in [1.54, 1.807) is 23.1 Å². The molecular formula is C24H27Cl2N3O2. The van der Waals surface area contributed by atoms with Crippen LogP contribution in [0.1, 0.15) is 48.1 Å². The molecule has 0 radical (unpaired) electrons. The average Bonchev–Trinajstić information content (AvgIpc) is 3.42. The maximum Gasteiger partial charge on any atom is 0.254 e. The summed E-state index contributed by atoms with van der Waals surface area (Å²) in [5, 5.41) is 4.01. The number of hydrogen-bond donors (Lipinski definition) is 1. The van der Waals surface area contributed by atoms with Crippen molar-refractivity contribution in [2.45, 2.75) is 44.3 Å². The minimum atomic E-state index is -0.453. The van der Waals surface area contributed by atoms with Gasteiger partial charge in [0.2, 0.25) is 5.91 Å². The molecule has 3 atom stereocenters. The maximum absolute atomic E-state index is 13.1. The van der Waals surface area contributed by atoms with E-state index >= 15 is 0 Å². The van der Waals surface area contributed by atoms with Crippen molar-refractivity contribution in [3.8, 4) is 0 Å². The van der Waals surface area contributed by atoms with Crippen LogP contribution in [0.3, 0.4) is 0 Å². The molecule has 5 nitrogen and oxygen atoms in total. The van der Waals surface area contributed by atoms with Crippen LogP contribution in [-0.4, -0.2) is 53.3 Å². The standard InChI is InChI=1S/C24H27Cl2N3O2/c1-16(17-6-3-2-4-7-17)28-11-9-21(15-28)27-23(30)22-8-5-10-29(22)24(31)18-12-19(25)14-20(26)13-18/h2-4,6-7,12-14,16,21-22H,5,8-11,15H2,1H3,(H,27,30). The van der Waals surface area contributed by atoms with Gasteiger partial charge in [-0.2, -0.15) is 0 Å². The molecule has 0 bridgehead atoms. The van der Waals surface area contributed by atoms with E-state index in [9.17, 15) is 9.59 Å². The van der Waals surface area contributed by atoms with Crippen molar-refractivity contribution in [2.24, 2.45) is 0 Å². The van der Waals surface area contributed by atoms with Crippen LogP contribution in [0.15, 0.2) is 48.5 Å². The third-order valence-corrected chi connectivity index (χ3v) is 6.76. The van der Waals surface area contributed by atoms with Crippen molar-refractivity contribution < 1.29 is 9.59 Å². The zero-order chi connectivity index (χ0) is 22.0. The van der Waals surface area contributed by atoms with Crippen molar-refractivity contribution in [1.29, 1.82) is 0 Å². The summed E-state index contributed by atoms with van der Waals surface area (Å²) in [5.74, 6) is -0.272. The van der Waals surface area contributed by atoms with E-state index in [1.807, 2.05) is 6.07 Å². The molecule has 4 rings (SSSR count). The van der Waals surface area contributed by atoms with Crippen LogP contribution in [0, 0.1) is 0 Å². The van der Waals surface area contributed by atoms with Crippen LogP contribution in [0.4, 0.5) is 0 Å². The Bertz CT molecular complexity index is 933. The van der Waals surface area contributed by atoms with Gasteiger partial charge in [0, 0.05) is 47.3 Å². The van der Waals surface area contributed by atoms with Gasteiger partial charge in [-0.15, -0.1) is 0 Å². The molecule has 2 aromatic rings. The van der Waals surface area contributed by atoms with Gasteiger partial charge in [0.25, 0.3) is 5.91 Å². The molecular weight excluding hydrogens is 433 g/mol. The lowest BCUT2D eigenvalue weighted by Crippen LogP contribution is -2.49. The van der Waals surface area contributed by atoms with E-state index in [1.165, 1.54) is 5.56 Å². The monoisotopic (exact) mass is 459 g/mol. The largest absolute Gasteiger partial charge is 0.350 e. The molecule has 0 aromatic heterocycles. The quantitative estimate of drug-likeness (QED) is 0.713. The molecule has 3 unspecified atom stereocenters. The van der Waals surface area contributed by atoms with Gasteiger partial charge in [-0.05, 0) is 49.9 Å². The third-order valence-electron chi connectivity index (χ3n) is 6.32. The highest BCUT2D eigenvalue weighted by Gasteiger charge is 2.37. The van der Waals surface area contributed by atoms with Crippen molar-refractivity contribution >= 4 is 35.0 Å². The number of hydrogen-bond acceptors (Lipinski definition) is 3. The lowest BCUT2D eigenvalue weighted by atomic mass is 10.1. The Morgan fingerprint density at radius 1 is 1.03 bits per heavy atom. The Morgan fingerprint density at radius 2 is 1.74 bits per heavy atom. The van der Waals surface area contributed by atoms with E-state index in [0.717, 1.165) is 25.9 Å². The summed E-state index contributed by atoms with van der Waals surface area (Å²) in [6.07, 6.45) is 2.39. The number of benzene rings is 2. The number of carbonyl (C=O) groups excluding carboxylic acids is 2. The van der Waals surface area contributed by atoms with Crippen molar-refractivity contribution in [3.05, 3.63) is 69.7 Å². The first kappa shape index (κ1) is 22.1. The Kier molecular flexibility index (Phi) is 6.85. The zero-order valence-corrected chi connectivity index (χ0v) is 19.1. The summed E-state index contributed by atoms with van der Waals surface area (Å²) in [5.41, 5.74) is 1.70. The highest BCUT2D eigenvalue weighted by molar-refractivity contribution is 6.35. The van der Waals surface area contributed by atoms with Gasteiger partial charge >= 0.3 is 0 Å². The molecule has 1 N–H and O–H groups in total. The number of amides is 2. The van der Waals surface area contributed by atoms with Crippen molar-refractivity contribution in [2.75, 3.05) is 19.6 Å². The molecule has 2 heterocycles. The van der Waals surface area contributed by atoms with Gasteiger partial charge in [-0.25, -0.2) is 0 Å². The topological polar surface area (TPSA) is 52.7 Å². The number of nitrogens with zero attached hydrogens (tertiary/aromatic N) is 2. The van der Waals surface area contributed by atoms with E-state index in [-0.39, 0.29) is 17.9 Å². The molecule has 2 fully saturated rings. The van der Waals surface area contributed by atoms with E-state index < -0.39 is 6.04 Å². The van der Waals surface area contributed by atoms with Gasteiger partial charge in [0.1, 0.15) is 6.04 Å². The number of halogens is 2. The van der Waals surface area contributed by atoms with Crippen molar-refractivity contribution in [3.63, 3.8) is 0 Å². The summed E-state index contributed by atoms with van der Waals surface area (Å²) in [7, 11) is 0. The van der Waals surface area contributed by atoms with Crippen LogP contribution >= 0.6 is 23.2 Å². The lowest BCUT2D eigenvalue weighted by molar-refractivity contribution is -0.125. The Balaban J connectivity index is 1.37. The Morgan fingerprint density at radius 3 is 2.45 bits per heavy atom. The number of likely N-dealkylation sites (tertiary alicyclic amines) is 2. The van der Waals surface area contributed by atoms with Gasteiger partial charge in [0.05, 0.1) is 0 Å². The van der Waals surface area contributed by atoms with Crippen LogP contribution in [0.2, 0.25) is 10.0 Å². The lowest BCUT2D eigenvalue weighted by Gasteiger charge is -2.27. The fraction of sp³-hybridized carbons (Fsp3) is 0.417. The average molecular weight is 460 g/mol. The second-order valence-corrected chi connectivity index (χ2v) is 9.26. The zero-order valence-electron chi connectivity index (χ0n) is 17.6. The summed E-state index contributed by atoms with van der Waals surface area (Å²) in [6, 6.07) is 15.2. The highest BCUT2D eigenvalue weighted by atomic mass is 35.5. The predicted octanol–water partition coefficient (Wildman–Crippen LogP) is 4.55. The third kappa shape index (κ3) is 5.05. The first-order valence-electron chi connectivity index (χ1n) is 10.8.